The molecular formula is C16H22N4O4. The van der Waals surface area contributed by atoms with Gasteiger partial charge in [0, 0.05) is 30.3 Å². The third kappa shape index (κ3) is 3.14. The SMILES string of the molecule is CCN1CCC2(CC1)CN(c1ccc(NC(=O)O)c([N+](=O)[O-])c1)C2. The Morgan fingerprint density at radius 3 is 2.58 bits per heavy atom. The molecule has 0 atom stereocenters. The molecule has 130 valence electrons. The average Bonchev–Trinajstić information content (AvgIpc) is 2.52. The molecule has 0 radical (unpaired) electrons. The van der Waals surface area contributed by atoms with Crippen LogP contribution in [0.3, 0.4) is 0 Å². The number of hydrogen-bond acceptors (Lipinski definition) is 5. The van der Waals surface area contributed by atoms with Crippen LogP contribution >= 0.6 is 0 Å². The maximum Gasteiger partial charge on any atom is 0.409 e. The van der Waals surface area contributed by atoms with E-state index < -0.39 is 11.0 Å². The van der Waals surface area contributed by atoms with Crippen molar-refractivity contribution in [2.24, 2.45) is 5.41 Å². The normalized spacial score (nSPS) is 19.8. The number of nitro groups is 1. The lowest BCUT2D eigenvalue weighted by Crippen LogP contribution is -2.60. The van der Waals surface area contributed by atoms with Crippen molar-refractivity contribution >= 4 is 23.2 Å². The van der Waals surface area contributed by atoms with Crippen molar-refractivity contribution in [1.82, 2.24) is 4.90 Å². The van der Waals surface area contributed by atoms with Crippen molar-refractivity contribution < 1.29 is 14.8 Å². The number of rotatable bonds is 4. The Hall–Kier alpha value is -2.35. The molecule has 1 amide bonds. The first-order valence-electron chi connectivity index (χ1n) is 8.18. The van der Waals surface area contributed by atoms with E-state index in [1.165, 1.54) is 12.1 Å². The van der Waals surface area contributed by atoms with Crippen LogP contribution in [0.5, 0.6) is 0 Å². The molecule has 2 N–H and O–H groups in total. The number of nitrogens with zero attached hydrogens (tertiary/aromatic N) is 3. The van der Waals surface area contributed by atoms with Crippen molar-refractivity contribution in [2.75, 3.05) is 42.9 Å². The fourth-order valence-electron chi connectivity index (χ4n) is 3.69. The molecule has 0 aliphatic carbocycles. The minimum absolute atomic E-state index is 0.00254. The zero-order chi connectivity index (χ0) is 17.3. The fourth-order valence-corrected chi connectivity index (χ4v) is 3.69. The van der Waals surface area contributed by atoms with Crippen LogP contribution in [0.2, 0.25) is 0 Å². The third-order valence-electron chi connectivity index (χ3n) is 5.20. The molecule has 2 fully saturated rings. The first-order valence-corrected chi connectivity index (χ1v) is 8.18. The number of carboxylic acid groups (broad SMARTS) is 1. The lowest BCUT2D eigenvalue weighted by Gasteiger charge is -2.55. The summed E-state index contributed by atoms with van der Waals surface area (Å²) in [6.07, 6.45) is 1.02. The highest BCUT2D eigenvalue weighted by atomic mass is 16.6. The molecule has 8 heteroatoms. The summed E-state index contributed by atoms with van der Waals surface area (Å²) in [5.74, 6) is 0. The average molecular weight is 334 g/mol. The van der Waals surface area contributed by atoms with Gasteiger partial charge >= 0.3 is 6.09 Å². The largest absolute Gasteiger partial charge is 0.465 e. The second-order valence-corrected chi connectivity index (χ2v) is 6.68. The Balaban J connectivity index is 1.70. The van der Waals surface area contributed by atoms with Gasteiger partial charge in [-0.05, 0) is 44.6 Å². The van der Waals surface area contributed by atoms with E-state index in [1.54, 1.807) is 6.07 Å². The van der Waals surface area contributed by atoms with E-state index in [2.05, 4.69) is 22.0 Å². The zero-order valence-corrected chi connectivity index (χ0v) is 13.7. The number of nitro benzene ring substituents is 1. The smallest absolute Gasteiger partial charge is 0.409 e. The van der Waals surface area contributed by atoms with Crippen molar-refractivity contribution in [3.63, 3.8) is 0 Å². The van der Waals surface area contributed by atoms with E-state index >= 15 is 0 Å². The maximum atomic E-state index is 11.2. The summed E-state index contributed by atoms with van der Waals surface area (Å²) in [6, 6.07) is 4.66. The molecule has 1 aromatic carbocycles. The summed E-state index contributed by atoms with van der Waals surface area (Å²) < 4.78 is 0. The van der Waals surface area contributed by atoms with Gasteiger partial charge in [-0.3, -0.25) is 15.4 Å². The Bertz CT molecular complexity index is 647. The number of carbonyl (C=O) groups is 1. The summed E-state index contributed by atoms with van der Waals surface area (Å²) in [6.45, 7) is 7.32. The van der Waals surface area contributed by atoms with E-state index in [-0.39, 0.29) is 11.4 Å². The number of likely N-dealkylation sites (tertiary alicyclic amines) is 1. The van der Waals surface area contributed by atoms with E-state index in [0.717, 1.165) is 51.3 Å². The molecule has 2 heterocycles. The molecular weight excluding hydrogens is 312 g/mol. The van der Waals surface area contributed by atoms with Crippen LogP contribution in [0.4, 0.5) is 21.9 Å². The lowest BCUT2D eigenvalue weighted by molar-refractivity contribution is -0.383. The third-order valence-corrected chi connectivity index (χ3v) is 5.20. The summed E-state index contributed by atoms with van der Waals surface area (Å²) in [4.78, 5) is 26.0. The standard InChI is InChI=1S/C16H22N4O4/c1-2-18-7-5-16(6-8-18)10-19(11-16)12-3-4-13(17-15(21)22)14(9-12)20(23)24/h3-4,9,17H,2,5-8,10-11H2,1H3,(H,21,22). The quantitative estimate of drug-likeness (QED) is 0.648. The number of hydrogen-bond donors (Lipinski definition) is 2. The van der Waals surface area contributed by atoms with Gasteiger partial charge in [0.15, 0.2) is 0 Å². The molecule has 0 bridgehead atoms. The maximum absolute atomic E-state index is 11.2. The summed E-state index contributed by atoms with van der Waals surface area (Å²) in [7, 11) is 0. The molecule has 2 aliphatic heterocycles. The van der Waals surface area contributed by atoms with Crippen LogP contribution in [-0.2, 0) is 0 Å². The molecule has 1 aromatic rings. The minimum atomic E-state index is -1.31. The highest BCUT2D eigenvalue weighted by Crippen LogP contribution is 2.43. The van der Waals surface area contributed by atoms with Crippen LogP contribution in [0.1, 0.15) is 19.8 Å². The highest BCUT2D eigenvalue weighted by molar-refractivity contribution is 5.87. The predicted octanol–water partition coefficient (Wildman–Crippen LogP) is 2.61. The van der Waals surface area contributed by atoms with Gasteiger partial charge in [-0.25, -0.2) is 4.79 Å². The monoisotopic (exact) mass is 334 g/mol. The van der Waals surface area contributed by atoms with Crippen molar-refractivity contribution in [3.8, 4) is 0 Å². The molecule has 3 rings (SSSR count). The van der Waals surface area contributed by atoms with Gasteiger partial charge < -0.3 is 14.9 Å². The lowest BCUT2D eigenvalue weighted by atomic mass is 9.71. The van der Waals surface area contributed by atoms with Gasteiger partial charge in [0.05, 0.1) is 4.92 Å². The summed E-state index contributed by atoms with van der Waals surface area (Å²) in [5.41, 5.74) is 0.902. The summed E-state index contributed by atoms with van der Waals surface area (Å²) >= 11 is 0. The van der Waals surface area contributed by atoms with Crippen molar-refractivity contribution in [2.45, 2.75) is 19.8 Å². The molecule has 0 unspecified atom stereocenters. The predicted molar refractivity (Wildman–Crippen MR) is 90.7 cm³/mol. The molecule has 2 aliphatic rings. The molecule has 0 aromatic heterocycles. The van der Waals surface area contributed by atoms with Crippen LogP contribution in [0.15, 0.2) is 18.2 Å². The number of piperidine rings is 1. The topological polar surface area (TPSA) is 99.0 Å². The van der Waals surface area contributed by atoms with Gasteiger partial charge in [-0.2, -0.15) is 0 Å². The minimum Gasteiger partial charge on any atom is -0.465 e. The Morgan fingerprint density at radius 1 is 1.38 bits per heavy atom. The molecule has 0 saturated carbocycles. The Labute approximate surface area is 140 Å². The second-order valence-electron chi connectivity index (χ2n) is 6.68. The van der Waals surface area contributed by atoms with Gasteiger partial charge in [0.2, 0.25) is 0 Å². The van der Waals surface area contributed by atoms with Gasteiger partial charge in [-0.1, -0.05) is 6.92 Å². The van der Waals surface area contributed by atoms with E-state index in [0.29, 0.717) is 5.41 Å². The van der Waals surface area contributed by atoms with Crippen molar-refractivity contribution in [3.05, 3.63) is 28.3 Å². The Kier molecular flexibility index (Phi) is 4.31. The fraction of sp³-hybridized carbons (Fsp3) is 0.562. The first kappa shape index (κ1) is 16.5. The number of benzene rings is 1. The van der Waals surface area contributed by atoms with Crippen LogP contribution in [-0.4, -0.2) is 53.7 Å². The highest BCUT2D eigenvalue weighted by Gasteiger charge is 2.44. The second kappa shape index (κ2) is 6.27. The number of nitrogens with one attached hydrogen (secondary N) is 1. The van der Waals surface area contributed by atoms with Gasteiger partial charge in [0.25, 0.3) is 5.69 Å². The first-order chi connectivity index (χ1) is 11.4. The van der Waals surface area contributed by atoms with E-state index in [1.807, 2.05) is 0 Å². The molecule has 1 spiro atoms. The molecule has 2 saturated heterocycles. The van der Waals surface area contributed by atoms with Crippen LogP contribution < -0.4 is 10.2 Å². The number of amides is 1. The van der Waals surface area contributed by atoms with Gasteiger partial charge in [0.1, 0.15) is 5.69 Å². The molecule has 8 nitrogen and oxygen atoms in total. The molecule has 24 heavy (non-hydrogen) atoms. The zero-order valence-electron chi connectivity index (χ0n) is 13.7. The number of anilines is 2. The van der Waals surface area contributed by atoms with Crippen molar-refractivity contribution in [1.29, 1.82) is 0 Å². The van der Waals surface area contributed by atoms with Crippen LogP contribution in [0, 0.1) is 15.5 Å². The van der Waals surface area contributed by atoms with E-state index in [4.69, 9.17) is 5.11 Å². The van der Waals surface area contributed by atoms with Gasteiger partial charge in [-0.15, -0.1) is 0 Å². The van der Waals surface area contributed by atoms with Crippen LogP contribution in [0.25, 0.3) is 0 Å². The summed E-state index contributed by atoms with van der Waals surface area (Å²) in [5, 5.41) is 22.0. The Morgan fingerprint density at radius 2 is 2.04 bits per heavy atom. The van der Waals surface area contributed by atoms with E-state index in [9.17, 15) is 14.9 Å².